The van der Waals surface area contributed by atoms with Gasteiger partial charge in [-0.2, -0.15) is 5.10 Å². The Morgan fingerprint density at radius 3 is 2.52 bits per heavy atom. The summed E-state index contributed by atoms with van der Waals surface area (Å²) < 4.78 is 14.6. The van der Waals surface area contributed by atoms with Gasteiger partial charge >= 0.3 is 0 Å². The Bertz CT molecular complexity index is 966. The van der Waals surface area contributed by atoms with Gasteiger partial charge in [0.1, 0.15) is 11.0 Å². The van der Waals surface area contributed by atoms with Crippen molar-refractivity contribution < 1.29 is 9.18 Å². The van der Waals surface area contributed by atoms with Crippen LogP contribution in [0.2, 0.25) is 5.15 Å². The fourth-order valence-electron chi connectivity index (χ4n) is 3.10. The number of hydrogen-bond donors (Lipinski definition) is 1. The summed E-state index contributed by atoms with van der Waals surface area (Å²) >= 11 is 6.43. The summed E-state index contributed by atoms with van der Waals surface area (Å²) in [5.74, 6) is -0.564. The highest BCUT2D eigenvalue weighted by molar-refractivity contribution is 6.33. The van der Waals surface area contributed by atoms with Crippen LogP contribution < -0.4 is 5.32 Å². The summed E-state index contributed by atoms with van der Waals surface area (Å²) in [5, 5.41) is 7.64. The molecule has 1 amide bonds. The third-order valence-electron chi connectivity index (χ3n) is 4.54. The zero-order valence-electron chi connectivity index (χ0n) is 15.5. The van der Waals surface area contributed by atoms with E-state index in [2.05, 4.69) is 10.4 Å². The summed E-state index contributed by atoms with van der Waals surface area (Å²) in [5.41, 5.74) is 3.93. The Labute approximate surface area is 163 Å². The van der Waals surface area contributed by atoms with Crippen LogP contribution in [0.15, 0.2) is 48.5 Å². The lowest BCUT2D eigenvalue weighted by Gasteiger charge is -2.16. The minimum atomic E-state index is -0.299. The maximum absolute atomic E-state index is 13.1. The van der Waals surface area contributed by atoms with Gasteiger partial charge in [0.15, 0.2) is 0 Å². The number of carbonyl (C=O) groups is 1. The number of hydrogen-bond acceptors (Lipinski definition) is 2. The van der Waals surface area contributed by atoms with Crippen LogP contribution in [-0.2, 0) is 6.54 Å². The average Bonchev–Trinajstić information content (AvgIpc) is 2.90. The molecule has 4 nitrogen and oxygen atoms in total. The number of amides is 1. The number of halogens is 2. The molecule has 0 aliphatic heterocycles. The molecule has 0 bridgehead atoms. The molecule has 3 rings (SSSR count). The molecule has 0 fully saturated rings. The highest BCUT2D eigenvalue weighted by Gasteiger charge is 2.22. The molecule has 1 unspecified atom stereocenters. The Hall–Kier alpha value is -2.66. The smallest absolute Gasteiger partial charge is 0.256 e. The van der Waals surface area contributed by atoms with Gasteiger partial charge in [0.05, 0.1) is 23.8 Å². The molecule has 0 spiro atoms. The van der Waals surface area contributed by atoms with E-state index in [0.29, 0.717) is 17.8 Å². The number of nitrogens with zero attached hydrogens (tertiary/aromatic N) is 2. The van der Waals surface area contributed by atoms with Crippen molar-refractivity contribution in [3.05, 3.63) is 87.4 Å². The van der Waals surface area contributed by atoms with Crippen LogP contribution in [0.5, 0.6) is 0 Å². The first-order valence-electron chi connectivity index (χ1n) is 8.70. The van der Waals surface area contributed by atoms with Gasteiger partial charge in [0, 0.05) is 0 Å². The highest BCUT2D eigenvalue weighted by Crippen LogP contribution is 2.23. The normalized spacial score (nSPS) is 12.0. The van der Waals surface area contributed by atoms with Crippen LogP contribution in [0.1, 0.15) is 45.7 Å². The van der Waals surface area contributed by atoms with Crippen LogP contribution in [0, 0.1) is 19.7 Å². The number of benzene rings is 2. The Morgan fingerprint density at radius 2 is 1.85 bits per heavy atom. The molecule has 0 aliphatic carbocycles. The lowest BCUT2D eigenvalue weighted by atomic mass is 10.0. The first-order valence-corrected chi connectivity index (χ1v) is 9.08. The van der Waals surface area contributed by atoms with Crippen molar-refractivity contribution in [2.45, 2.75) is 33.4 Å². The van der Waals surface area contributed by atoms with Gasteiger partial charge in [-0.05, 0) is 49.6 Å². The van der Waals surface area contributed by atoms with E-state index in [9.17, 15) is 9.18 Å². The van der Waals surface area contributed by atoms with Gasteiger partial charge in [0.2, 0.25) is 0 Å². The molecular weight excluding hydrogens is 365 g/mol. The highest BCUT2D eigenvalue weighted by atomic mass is 35.5. The summed E-state index contributed by atoms with van der Waals surface area (Å²) in [6.45, 7) is 6.06. The minimum absolute atomic E-state index is 0.158. The van der Waals surface area contributed by atoms with Crippen LogP contribution in [0.4, 0.5) is 4.39 Å². The van der Waals surface area contributed by atoms with E-state index in [4.69, 9.17) is 11.6 Å². The maximum Gasteiger partial charge on any atom is 0.256 e. The first-order chi connectivity index (χ1) is 12.9. The van der Waals surface area contributed by atoms with Crippen LogP contribution in [0.3, 0.4) is 0 Å². The molecule has 0 aliphatic rings. The second kappa shape index (κ2) is 7.92. The molecule has 140 valence electrons. The van der Waals surface area contributed by atoms with Gasteiger partial charge in [-0.25, -0.2) is 9.07 Å². The van der Waals surface area contributed by atoms with Crippen molar-refractivity contribution in [1.82, 2.24) is 15.1 Å². The number of carbonyl (C=O) groups excluding carboxylic acids is 1. The molecular formula is C21H21ClFN3O. The van der Waals surface area contributed by atoms with E-state index in [0.717, 1.165) is 16.7 Å². The molecule has 2 aromatic carbocycles. The first kappa shape index (κ1) is 19.1. The van der Waals surface area contributed by atoms with E-state index >= 15 is 0 Å². The number of aryl methyl sites for hydroxylation is 2. The monoisotopic (exact) mass is 385 g/mol. The molecule has 6 heteroatoms. The maximum atomic E-state index is 13.1. The predicted octanol–water partition coefficient (Wildman–Crippen LogP) is 4.83. The third-order valence-corrected chi connectivity index (χ3v) is 4.92. The SMILES string of the molecule is Cc1ccccc1C(C)NC(=O)c1c(C)nn(Cc2ccc(F)cc2)c1Cl. The van der Waals surface area contributed by atoms with Gasteiger partial charge in [-0.3, -0.25) is 4.79 Å². The predicted molar refractivity (Wildman–Crippen MR) is 105 cm³/mol. The van der Waals surface area contributed by atoms with E-state index in [-0.39, 0.29) is 22.9 Å². The van der Waals surface area contributed by atoms with Gasteiger partial charge in [-0.1, -0.05) is 48.0 Å². The van der Waals surface area contributed by atoms with Crippen molar-refractivity contribution >= 4 is 17.5 Å². The second-order valence-electron chi connectivity index (χ2n) is 6.59. The lowest BCUT2D eigenvalue weighted by molar-refractivity contribution is 0.0939. The standard InChI is InChI=1S/C21H21ClFN3O/c1-13-6-4-5-7-18(13)14(2)24-21(27)19-15(3)25-26(20(19)22)12-16-8-10-17(23)11-9-16/h4-11,14H,12H2,1-3H3,(H,24,27). The molecule has 0 saturated carbocycles. The van der Waals surface area contributed by atoms with E-state index in [1.807, 2.05) is 38.1 Å². The van der Waals surface area contributed by atoms with E-state index in [1.54, 1.807) is 23.7 Å². The molecule has 0 radical (unpaired) electrons. The van der Waals surface area contributed by atoms with Crippen LogP contribution >= 0.6 is 11.6 Å². The molecule has 1 heterocycles. The molecule has 3 aromatic rings. The van der Waals surface area contributed by atoms with Gasteiger partial charge < -0.3 is 5.32 Å². The van der Waals surface area contributed by atoms with Crippen molar-refractivity contribution in [1.29, 1.82) is 0 Å². The minimum Gasteiger partial charge on any atom is -0.345 e. The Balaban J connectivity index is 1.80. The largest absolute Gasteiger partial charge is 0.345 e. The zero-order valence-corrected chi connectivity index (χ0v) is 16.2. The fraction of sp³-hybridized carbons (Fsp3) is 0.238. The Morgan fingerprint density at radius 1 is 1.19 bits per heavy atom. The fourth-order valence-corrected chi connectivity index (χ4v) is 3.42. The number of nitrogens with one attached hydrogen (secondary N) is 1. The summed E-state index contributed by atoms with van der Waals surface area (Å²) in [6, 6.07) is 13.9. The van der Waals surface area contributed by atoms with E-state index < -0.39 is 0 Å². The van der Waals surface area contributed by atoms with Gasteiger partial charge in [0.25, 0.3) is 5.91 Å². The van der Waals surface area contributed by atoms with Crippen LogP contribution in [0.25, 0.3) is 0 Å². The molecule has 1 N–H and O–H groups in total. The summed E-state index contributed by atoms with van der Waals surface area (Å²) in [4.78, 5) is 12.8. The quantitative estimate of drug-likeness (QED) is 0.683. The third kappa shape index (κ3) is 4.19. The average molecular weight is 386 g/mol. The lowest BCUT2D eigenvalue weighted by Crippen LogP contribution is -2.27. The number of rotatable bonds is 5. The van der Waals surface area contributed by atoms with Crippen molar-refractivity contribution in [2.75, 3.05) is 0 Å². The topological polar surface area (TPSA) is 46.9 Å². The molecule has 1 aromatic heterocycles. The molecule has 0 saturated heterocycles. The van der Waals surface area contributed by atoms with Crippen LogP contribution in [-0.4, -0.2) is 15.7 Å². The molecule has 27 heavy (non-hydrogen) atoms. The van der Waals surface area contributed by atoms with Gasteiger partial charge in [-0.15, -0.1) is 0 Å². The summed E-state index contributed by atoms with van der Waals surface area (Å²) in [7, 11) is 0. The van der Waals surface area contributed by atoms with E-state index in [1.165, 1.54) is 12.1 Å². The van der Waals surface area contributed by atoms with Crippen molar-refractivity contribution in [3.63, 3.8) is 0 Å². The summed E-state index contributed by atoms with van der Waals surface area (Å²) in [6.07, 6.45) is 0. The zero-order chi connectivity index (χ0) is 19.6. The molecule has 1 atom stereocenters. The Kier molecular flexibility index (Phi) is 5.61. The van der Waals surface area contributed by atoms with Crippen molar-refractivity contribution in [3.8, 4) is 0 Å². The second-order valence-corrected chi connectivity index (χ2v) is 6.95. The number of aromatic nitrogens is 2. The van der Waals surface area contributed by atoms with Crippen molar-refractivity contribution in [2.24, 2.45) is 0 Å².